The third-order valence-corrected chi connectivity index (χ3v) is 1.61. The van der Waals surface area contributed by atoms with Crippen molar-refractivity contribution in [2.45, 2.75) is 32.3 Å². The number of Topliss-reactive ketones (excluding diaryl/α,β-unsaturated/α-hetero) is 1. The van der Waals surface area contributed by atoms with E-state index in [4.69, 9.17) is 4.74 Å². The van der Waals surface area contributed by atoms with Gasteiger partial charge < -0.3 is 9.53 Å². The van der Waals surface area contributed by atoms with Crippen LogP contribution in [0.25, 0.3) is 0 Å². The number of allylic oxidation sites excluding steroid dienone is 1. The van der Waals surface area contributed by atoms with Crippen molar-refractivity contribution in [3.8, 4) is 0 Å². The molecule has 1 aliphatic rings. The van der Waals surface area contributed by atoms with Gasteiger partial charge in [0.15, 0.2) is 0 Å². The predicted molar refractivity (Wildman–Crippen MR) is 43.4 cm³/mol. The second-order valence-corrected chi connectivity index (χ2v) is 2.89. The molecule has 1 aliphatic heterocycles. The fourth-order valence-corrected chi connectivity index (χ4v) is 0.884. The van der Waals surface area contributed by atoms with Gasteiger partial charge >= 0.3 is 0 Å². The topological polar surface area (TPSA) is 29.6 Å². The summed E-state index contributed by atoms with van der Waals surface area (Å²) in [5.74, 6) is 0.279. The molecule has 0 aromatic heterocycles. The number of epoxide rings is 1. The molecule has 0 radical (unpaired) electrons. The molecule has 0 amide bonds. The number of rotatable bonds is 5. The van der Waals surface area contributed by atoms with E-state index in [1.165, 1.54) is 0 Å². The summed E-state index contributed by atoms with van der Waals surface area (Å²) in [6, 6.07) is 0. The number of carbonyl (C=O) groups excluding carboxylic acids is 1. The Labute approximate surface area is 67.2 Å². The van der Waals surface area contributed by atoms with Gasteiger partial charge in [-0.3, -0.25) is 0 Å². The highest BCUT2D eigenvalue weighted by Crippen LogP contribution is 2.10. The standard InChI is InChI=1S/C9H14O2/c1-8(10)5-3-2-4-6-9-7-11-9/h4,6,9H,2-3,5,7H2,1H3/b6-4-/t9-/m1/s1. The lowest BCUT2D eigenvalue weighted by Gasteiger charge is -1.89. The fourth-order valence-electron chi connectivity index (χ4n) is 0.884. The molecule has 0 bridgehead atoms. The molecular formula is C9H14O2. The Bertz CT molecular complexity index is 157. The monoisotopic (exact) mass is 154 g/mol. The Hall–Kier alpha value is -0.630. The fraction of sp³-hybridized carbons (Fsp3) is 0.667. The second kappa shape index (κ2) is 4.29. The predicted octanol–water partition coefficient (Wildman–Crippen LogP) is 1.70. The van der Waals surface area contributed by atoms with E-state index in [-0.39, 0.29) is 5.78 Å². The first-order chi connectivity index (χ1) is 5.29. The van der Waals surface area contributed by atoms with E-state index in [9.17, 15) is 4.79 Å². The van der Waals surface area contributed by atoms with Gasteiger partial charge in [0.05, 0.1) is 12.7 Å². The summed E-state index contributed by atoms with van der Waals surface area (Å²) < 4.78 is 4.98. The van der Waals surface area contributed by atoms with Gasteiger partial charge in [0.2, 0.25) is 0 Å². The van der Waals surface area contributed by atoms with Gasteiger partial charge in [-0.2, -0.15) is 0 Å². The molecule has 1 fully saturated rings. The van der Waals surface area contributed by atoms with Gasteiger partial charge in [0.1, 0.15) is 5.78 Å². The highest BCUT2D eigenvalue weighted by molar-refractivity contribution is 5.75. The maximum atomic E-state index is 10.5. The van der Waals surface area contributed by atoms with Gasteiger partial charge in [-0.05, 0) is 19.8 Å². The Kier molecular flexibility index (Phi) is 3.30. The van der Waals surface area contributed by atoms with Gasteiger partial charge in [0, 0.05) is 6.42 Å². The first-order valence-corrected chi connectivity index (χ1v) is 4.07. The highest BCUT2D eigenvalue weighted by atomic mass is 16.6. The van der Waals surface area contributed by atoms with Gasteiger partial charge in [-0.1, -0.05) is 12.2 Å². The first-order valence-electron chi connectivity index (χ1n) is 4.07. The summed E-state index contributed by atoms with van der Waals surface area (Å²) in [4.78, 5) is 10.5. The number of carbonyl (C=O) groups is 1. The third-order valence-electron chi connectivity index (χ3n) is 1.61. The molecule has 2 nitrogen and oxygen atoms in total. The Morgan fingerprint density at radius 1 is 1.73 bits per heavy atom. The normalized spacial score (nSPS) is 22.5. The van der Waals surface area contributed by atoms with E-state index in [0.29, 0.717) is 12.5 Å². The minimum Gasteiger partial charge on any atom is -0.369 e. The van der Waals surface area contributed by atoms with Gasteiger partial charge in [0.25, 0.3) is 0 Å². The Balaban J connectivity index is 1.90. The summed E-state index contributed by atoms with van der Waals surface area (Å²) in [5.41, 5.74) is 0. The largest absolute Gasteiger partial charge is 0.369 e. The summed E-state index contributed by atoms with van der Waals surface area (Å²) in [6.07, 6.45) is 7.22. The SMILES string of the molecule is CC(=O)CCC/C=C\[C@@H]1CO1. The van der Waals surface area contributed by atoms with Crippen LogP contribution in [0.3, 0.4) is 0 Å². The van der Waals surface area contributed by atoms with E-state index in [2.05, 4.69) is 12.2 Å². The van der Waals surface area contributed by atoms with Crippen molar-refractivity contribution in [3.05, 3.63) is 12.2 Å². The van der Waals surface area contributed by atoms with Crippen molar-refractivity contribution < 1.29 is 9.53 Å². The summed E-state index contributed by atoms with van der Waals surface area (Å²) in [5, 5.41) is 0. The zero-order valence-electron chi connectivity index (χ0n) is 6.88. The van der Waals surface area contributed by atoms with Crippen molar-refractivity contribution in [3.63, 3.8) is 0 Å². The number of ketones is 1. The number of hydrogen-bond acceptors (Lipinski definition) is 2. The molecule has 1 atom stereocenters. The Morgan fingerprint density at radius 2 is 2.45 bits per heavy atom. The van der Waals surface area contributed by atoms with Crippen molar-refractivity contribution in [2.24, 2.45) is 0 Å². The van der Waals surface area contributed by atoms with Crippen LogP contribution in [-0.2, 0) is 9.53 Å². The lowest BCUT2D eigenvalue weighted by Crippen LogP contribution is -1.87. The van der Waals surface area contributed by atoms with E-state index in [1.54, 1.807) is 6.92 Å². The maximum Gasteiger partial charge on any atom is 0.129 e. The van der Waals surface area contributed by atoms with Crippen molar-refractivity contribution in [1.82, 2.24) is 0 Å². The zero-order chi connectivity index (χ0) is 8.10. The van der Waals surface area contributed by atoms with Crippen molar-refractivity contribution in [2.75, 3.05) is 6.61 Å². The van der Waals surface area contributed by atoms with Crippen LogP contribution in [0.15, 0.2) is 12.2 Å². The van der Waals surface area contributed by atoms with E-state index in [0.717, 1.165) is 19.4 Å². The summed E-state index contributed by atoms with van der Waals surface area (Å²) in [7, 11) is 0. The molecule has 0 saturated carbocycles. The Morgan fingerprint density at radius 3 is 3.00 bits per heavy atom. The molecule has 1 saturated heterocycles. The van der Waals surface area contributed by atoms with Crippen LogP contribution in [0, 0.1) is 0 Å². The smallest absolute Gasteiger partial charge is 0.129 e. The highest BCUT2D eigenvalue weighted by Gasteiger charge is 2.17. The molecule has 1 rings (SSSR count). The molecule has 0 aromatic carbocycles. The van der Waals surface area contributed by atoms with Crippen molar-refractivity contribution >= 4 is 5.78 Å². The molecule has 0 unspecified atom stereocenters. The maximum absolute atomic E-state index is 10.5. The van der Waals surface area contributed by atoms with Crippen molar-refractivity contribution in [1.29, 1.82) is 0 Å². The minimum absolute atomic E-state index is 0.279. The van der Waals surface area contributed by atoms with Crippen LogP contribution in [0.1, 0.15) is 26.2 Å². The molecule has 0 aromatic rings. The third kappa shape index (κ3) is 4.73. The second-order valence-electron chi connectivity index (χ2n) is 2.89. The van der Waals surface area contributed by atoms with Crippen LogP contribution >= 0.6 is 0 Å². The van der Waals surface area contributed by atoms with Crippen LogP contribution in [0.2, 0.25) is 0 Å². The number of hydrogen-bond donors (Lipinski definition) is 0. The molecule has 0 N–H and O–H groups in total. The zero-order valence-corrected chi connectivity index (χ0v) is 6.88. The first kappa shape index (κ1) is 8.47. The molecule has 62 valence electrons. The summed E-state index contributed by atoms with van der Waals surface area (Å²) >= 11 is 0. The number of ether oxygens (including phenoxy) is 1. The van der Waals surface area contributed by atoms with Crippen LogP contribution in [0.5, 0.6) is 0 Å². The van der Waals surface area contributed by atoms with E-state index in [1.807, 2.05) is 0 Å². The van der Waals surface area contributed by atoms with E-state index >= 15 is 0 Å². The van der Waals surface area contributed by atoms with Crippen LogP contribution < -0.4 is 0 Å². The van der Waals surface area contributed by atoms with Gasteiger partial charge in [-0.25, -0.2) is 0 Å². The van der Waals surface area contributed by atoms with Gasteiger partial charge in [-0.15, -0.1) is 0 Å². The average molecular weight is 154 g/mol. The quantitative estimate of drug-likeness (QED) is 0.342. The molecule has 1 heterocycles. The number of unbranched alkanes of at least 4 members (excludes halogenated alkanes) is 1. The molecular weight excluding hydrogens is 140 g/mol. The molecule has 0 spiro atoms. The van der Waals surface area contributed by atoms with Crippen LogP contribution in [-0.4, -0.2) is 18.5 Å². The van der Waals surface area contributed by atoms with Crippen LogP contribution in [0.4, 0.5) is 0 Å². The minimum atomic E-state index is 0.279. The summed E-state index contributed by atoms with van der Waals surface area (Å²) in [6.45, 7) is 2.51. The molecule has 11 heavy (non-hydrogen) atoms. The molecule has 0 aliphatic carbocycles. The molecule has 2 heteroatoms. The lowest BCUT2D eigenvalue weighted by atomic mass is 10.2. The average Bonchev–Trinajstić information content (AvgIpc) is 2.70. The lowest BCUT2D eigenvalue weighted by molar-refractivity contribution is -0.117. The van der Waals surface area contributed by atoms with E-state index < -0.39 is 0 Å².